The first-order valence-electron chi connectivity index (χ1n) is 10.0. The third-order valence-corrected chi connectivity index (χ3v) is 4.33. The van der Waals surface area contributed by atoms with Gasteiger partial charge < -0.3 is 20.1 Å². The van der Waals surface area contributed by atoms with Gasteiger partial charge in [-0.05, 0) is 44.2 Å². The highest BCUT2D eigenvalue weighted by Gasteiger charge is 2.08. The summed E-state index contributed by atoms with van der Waals surface area (Å²) < 4.78 is 10.9. The van der Waals surface area contributed by atoms with Gasteiger partial charge in [0.05, 0.1) is 26.8 Å². The largest absolute Gasteiger partial charge is 0.497 e. The van der Waals surface area contributed by atoms with Gasteiger partial charge in [-0.2, -0.15) is 5.10 Å². The number of methoxy groups -OCH3 is 1. The number of ether oxygens (including phenoxy) is 2. The van der Waals surface area contributed by atoms with E-state index in [1.165, 1.54) is 0 Å². The van der Waals surface area contributed by atoms with Crippen LogP contribution in [0.1, 0.15) is 25.2 Å². The molecule has 0 aliphatic carbocycles. The second-order valence-electron chi connectivity index (χ2n) is 6.42. The Labute approximate surface area is 176 Å². The Morgan fingerprint density at radius 2 is 1.87 bits per heavy atom. The summed E-state index contributed by atoms with van der Waals surface area (Å²) in [7, 11) is 1.64. The Morgan fingerprint density at radius 3 is 2.60 bits per heavy atom. The summed E-state index contributed by atoms with van der Waals surface area (Å²) in [6.45, 7) is 6.37. The molecule has 0 radical (unpaired) electrons. The van der Waals surface area contributed by atoms with Crippen LogP contribution < -0.4 is 20.1 Å². The molecule has 3 aromatic rings. The molecule has 0 aliphatic heterocycles. The van der Waals surface area contributed by atoms with E-state index in [2.05, 4.69) is 30.8 Å². The number of para-hydroxylation sites is 1. The monoisotopic (exact) mass is 408 g/mol. The van der Waals surface area contributed by atoms with Crippen LogP contribution in [0, 0.1) is 0 Å². The summed E-state index contributed by atoms with van der Waals surface area (Å²) in [6.07, 6.45) is 0. The molecular weight excluding hydrogens is 380 g/mol. The van der Waals surface area contributed by atoms with E-state index in [-0.39, 0.29) is 0 Å². The Hall–Kier alpha value is -3.55. The molecule has 0 atom stereocenters. The maximum atomic E-state index is 5.68. The van der Waals surface area contributed by atoms with E-state index < -0.39 is 0 Å². The number of nitrogens with one attached hydrogen (secondary N) is 3. The second-order valence-corrected chi connectivity index (χ2v) is 6.42. The number of guanidine groups is 1. The lowest BCUT2D eigenvalue weighted by atomic mass is 10.2. The van der Waals surface area contributed by atoms with Crippen LogP contribution in [0.4, 0.5) is 0 Å². The molecule has 0 saturated carbocycles. The number of hydrogen-bond acceptors (Lipinski definition) is 5. The van der Waals surface area contributed by atoms with E-state index in [9.17, 15) is 0 Å². The molecular formula is C22H28N6O2. The maximum absolute atomic E-state index is 5.68. The minimum absolute atomic E-state index is 0.474. The molecule has 2 aromatic carbocycles. The van der Waals surface area contributed by atoms with Crippen LogP contribution in [-0.4, -0.2) is 41.4 Å². The molecule has 0 aliphatic rings. The van der Waals surface area contributed by atoms with Gasteiger partial charge in [0.1, 0.15) is 17.3 Å². The molecule has 0 fully saturated rings. The van der Waals surface area contributed by atoms with E-state index in [4.69, 9.17) is 9.47 Å². The van der Waals surface area contributed by atoms with Gasteiger partial charge in [-0.3, -0.25) is 5.10 Å². The van der Waals surface area contributed by atoms with Crippen LogP contribution in [0.25, 0.3) is 11.4 Å². The minimum Gasteiger partial charge on any atom is -0.497 e. The number of aromatic nitrogens is 3. The number of aromatic amines is 1. The molecule has 1 heterocycles. The number of benzene rings is 2. The average Bonchev–Trinajstić information content (AvgIpc) is 3.26. The van der Waals surface area contributed by atoms with Crippen molar-refractivity contribution in [1.82, 2.24) is 25.8 Å². The molecule has 8 nitrogen and oxygen atoms in total. The van der Waals surface area contributed by atoms with E-state index in [1.807, 2.05) is 62.4 Å². The van der Waals surface area contributed by atoms with Crippen molar-refractivity contribution < 1.29 is 9.47 Å². The van der Waals surface area contributed by atoms with Crippen LogP contribution in [0.2, 0.25) is 0 Å². The zero-order valence-electron chi connectivity index (χ0n) is 17.6. The Bertz CT molecular complexity index is 952. The highest BCUT2D eigenvalue weighted by Crippen LogP contribution is 2.19. The summed E-state index contributed by atoms with van der Waals surface area (Å²) in [6, 6.07) is 15.6. The quantitative estimate of drug-likeness (QED) is 0.372. The molecule has 0 amide bonds. The van der Waals surface area contributed by atoms with Gasteiger partial charge >= 0.3 is 0 Å². The van der Waals surface area contributed by atoms with Crippen molar-refractivity contribution in [3.05, 3.63) is 59.9 Å². The minimum atomic E-state index is 0.474. The zero-order valence-corrected chi connectivity index (χ0v) is 17.6. The number of hydrogen-bond donors (Lipinski definition) is 3. The van der Waals surface area contributed by atoms with E-state index in [0.717, 1.165) is 35.0 Å². The first-order chi connectivity index (χ1) is 14.7. The normalized spacial score (nSPS) is 11.2. The fourth-order valence-corrected chi connectivity index (χ4v) is 2.85. The van der Waals surface area contributed by atoms with Gasteiger partial charge in [-0.1, -0.05) is 18.2 Å². The van der Waals surface area contributed by atoms with Crippen LogP contribution >= 0.6 is 0 Å². The van der Waals surface area contributed by atoms with Crippen molar-refractivity contribution in [1.29, 1.82) is 0 Å². The van der Waals surface area contributed by atoms with E-state index in [1.54, 1.807) is 7.11 Å². The van der Waals surface area contributed by atoms with Gasteiger partial charge in [0.15, 0.2) is 11.8 Å². The van der Waals surface area contributed by atoms with Gasteiger partial charge in [-0.15, -0.1) is 0 Å². The highest BCUT2D eigenvalue weighted by molar-refractivity contribution is 5.79. The molecule has 0 saturated heterocycles. The van der Waals surface area contributed by atoms with Crippen LogP contribution in [-0.2, 0) is 13.1 Å². The van der Waals surface area contributed by atoms with Gasteiger partial charge in [-0.25, -0.2) is 9.98 Å². The van der Waals surface area contributed by atoms with E-state index in [0.29, 0.717) is 31.5 Å². The SMILES string of the molecule is CCNC(=NCc1ccccc1OCC)NCc1nc(-c2ccc(OC)cc2)n[nH]1. The lowest BCUT2D eigenvalue weighted by Crippen LogP contribution is -2.37. The van der Waals surface area contributed by atoms with Crippen molar-refractivity contribution in [3.63, 3.8) is 0 Å². The molecule has 8 heteroatoms. The van der Waals surface area contributed by atoms with Gasteiger partial charge in [0, 0.05) is 17.7 Å². The Balaban J connectivity index is 1.63. The molecule has 1 aromatic heterocycles. The molecule has 0 unspecified atom stereocenters. The smallest absolute Gasteiger partial charge is 0.191 e. The van der Waals surface area contributed by atoms with Crippen molar-refractivity contribution in [2.75, 3.05) is 20.3 Å². The van der Waals surface area contributed by atoms with Gasteiger partial charge in [0.2, 0.25) is 0 Å². The molecule has 3 rings (SSSR count). The Morgan fingerprint density at radius 1 is 1.07 bits per heavy atom. The third-order valence-electron chi connectivity index (χ3n) is 4.33. The van der Waals surface area contributed by atoms with Gasteiger partial charge in [0.25, 0.3) is 0 Å². The van der Waals surface area contributed by atoms with Crippen molar-refractivity contribution in [2.24, 2.45) is 4.99 Å². The molecule has 30 heavy (non-hydrogen) atoms. The molecule has 3 N–H and O–H groups in total. The predicted octanol–water partition coefficient (Wildman–Crippen LogP) is 3.13. The first-order valence-corrected chi connectivity index (χ1v) is 10.0. The molecule has 158 valence electrons. The highest BCUT2D eigenvalue weighted by atomic mass is 16.5. The van der Waals surface area contributed by atoms with Crippen LogP contribution in [0.15, 0.2) is 53.5 Å². The number of aliphatic imine (C=N–C) groups is 1. The van der Waals surface area contributed by atoms with Crippen molar-refractivity contribution in [2.45, 2.75) is 26.9 Å². The fourth-order valence-electron chi connectivity index (χ4n) is 2.85. The summed E-state index contributed by atoms with van der Waals surface area (Å²) >= 11 is 0. The first kappa shape index (κ1) is 21.2. The second kappa shape index (κ2) is 10.8. The topological polar surface area (TPSA) is 96.5 Å². The number of H-pyrrole nitrogens is 1. The van der Waals surface area contributed by atoms with Crippen molar-refractivity contribution >= 4 is 5.96 Å². The summed E-state index contributed by atoms with van der Waals surface area (Å²) in [5.74, 6) is 3.72. The fraction of sp³-hybridized carbons (Fsp3) is 0.318. The average molecular weight is 409 g/mol. The number of nitrogens with zero attached hydrogens (tertiary/aromatic N) is 3. The third kappa shape index (κ3) is 5.73. The Kier molecular flexibility index (Phi) is 7.65. The summed E-state index contributed by atoms with van der Waals surface area (Å²) in [4.78, 5) is 9.22. The molecule has 0 spiro atoms. The lowest BCUT2D eigenvalue weighted by Gasteiger charge is -2.11. The summed E-state index contributed by atoms with van der Waals surface area (Å²) in [5.41, 5.74) is 1.96. The number of rotatable bonds is 9. The molecule has 0 bridgehead atoms. The van der Waals surface area contributed by atoms with E-state index >= 15 is 0 Å². The maximum Gasteiger partial charge on any atom is 0.191 e. The standard InChI is InChI=1S/C22H28N6O2/c1-4-23-22(24-14-17-8-6-7-9-19(17)30-5-2)25-15-20-26-21(28-27-20)16-10-12-18(29-3)13-11-16/h6-13H,4-5,14-15H2,1-3H3,(H2,23,24,25)(H,26,27,28). The van der Waals surface area contributed by atoms with Crippen LogP contribution in [0.3, 0.4) is 0 Å². The zero-order chi connectivity index (χ0) is 21.2. The predicted molar refractivity (Wildman–Crippen MR) is 118 cm³/mol. The van der Waals surface area contributed by atoms with Crippen molar-refractivity contribution in [3.8, 4) is 22.9 Å². The lowest BCUT2D eigenvalue weighted by molar-refractivity contribution is 0.336. The van der Waals surface area contributed by atoms with Crippen LogP contribution in [0.5, 0.6) is 11.5 Å². The summed E-state index contributed by atoms with van der Waals surface area (Å²) in [5, 5.41) is 13.8.